The van der Waals surface area contributed by atoms with E-state index in [0.29, 0.717) is 5.69 Å². The molecule has 5 nitrogen and oxygen atoms in total. The van der Waals surface area contributed by atoms with Crippen molar-refractivity contribution in [3.05, 3.63) is 29.8 Å². The average Bonchev–Trinajstić information content (AvgIpc) is 3.22. The number of hydrogen-bond donors (Lipinski definition) is 2. The van der Waals surface area contributed by atoms with Gasteiger partial charge in [0.15, 0.2) is 0 Å². The molecule has 0 amide bonds. The molecule has 1 saturated carbocycles. The summed E-state index contributed by atoms with van der Waals surface area (Å²) in [5, 5.41) is 0. The fraction of sp³-hybridized carbons (Fsp3) is 0.667. The third-order valence-corrected chi connectivity index (χ3v) is 6.17. The monoisotopic (exact) mass is 351 g/mol. The van der Waals surface area contributed by atoms with Gasteiger partial charge in [0.2, 0.25) is 0 Å². The van der Waals surface area contributed by atoms with Gasteiger partial charge in [-0.1, -0.05) is 25.0 Å². The Hall–Kier alpha value is -1.11. The van der Waals surface area contributed by atoms with Gasteiger partial charge in [-0.25, -0.2) is 0 Å². The van der Waals surface area contributed by atoms with Crippen molar-refractivity contribution in [2.75, 3.05) is 24.4 Å². The zero-order valence-corrected chi connectivity index (χ0v) is 15.2. The number of rotatable bonds is 8. The van der Waals surface area contributed by atoms with Crippen molar-refractivity contribution in [2.24, 2.45) is 0 Å². The second-order valence-corrected chi connectivity index (χ2v) is 8.50. The van der Waals surface area contributed by atoms with Gasteiger partial charge in [-0.15, -0.1) is 0 Å². The van der Waals surface area contributed by atoms with Crippen molar-refractivity contribution in [3.8, 4) is 0 Å². The molecule has 6 heteroatoms. The first-order valence-corrected chi connectivity index (χ1v) is 10.7. The molecule has 2 aliphatic rings. The highest BCUT2D eigenvalue weighted by Gasteiger charge is 2.21. The number of hydrogen-bond acceptors (Lipinski definition) is 3. The molecule has 3 rings (SSSR count). The average molecular weight is 352 g/mol. The lowest BCUT2D eigenvalue weighted by Crippen LogP contribution is -2.37. The summed E-state index contributed by atoms with van der Waals surface area (Å²) in [6, 6.07) is 7.86. The van der Waals surface area contributed by atoms with Gasteiger partial charge >= 0.3 is 0 Å². The number of benzene rings is 1. The van der Waals surface area contributed by atoms with Crippen molar-refractivity contribution < 1.29 is 8.42 Å². The lowest BCUT2D eigenvalue weighted by atomic mass is 10.1. The van der Waals surface area contributed by atoms with Crippen LogP contribution in [0.15, 0.2) is 24.3 Å². The molecule has 24 heavy (non-hydrogen) atoms. The Morgan fingerprint density at radius 2 is 1.67 bits per heavy atom. The summed E-state index contributed by atoms with van der Waals surface area (Å²) in [5.74, 6) is 0. The van der Waals surface area contributed by atoms with Gasteiger partial charge in [-0.2, -0.15) is 13.1 Å². The molecule has 134 valence electrons. The van der Waals surface area contributed by atoms with E-state index in [1.54, 1.807) is 0 Å². The molecule has 0 bridgehead atoms. The molecule has 1 aliphatic heterocycles. The number of likely N-dealkylation sites (tertiary alicyclic amines) is 1. The van der Waals surface area contributed by atoms with Crippen molar-refractivity contribution in [1.29, 1.82) is 0 Å². The molecule has 1 heterocycles. The van der Waals surface area contributed by atoms with Gasteiger partial charge in [0.25, 0.3) is 10.2 Å². The Bertz CT molecular complexity index is 604. The Labute approximate surface area is 146 Å². The Morgan fingerprint density at radius 3 is 2.33 bits per heavy atom. The van der Waals surface area contributed by atoms with Crippen LogP contribution in [0.4, 0.5) is 5.69 Å². The minimum absolute atomic E-state index is 0.0901. The maximum atomic E-state index is 12.1. The molecule has 2 fully saturated rings. The number of aryl methyl sites for hydroxylation is 1. The number of nitrogens with one attached hydrogen (secondary N) is 2. The smallest absolute Gasteiger partial charge is 0.299 e. The predicted molar refractivity (Wildman–Crippen MR) is 98.4 cm³/mol. The van der Waals surface area contributed by atoms with Crippen LogP contribution in [0.1, 0.15) is 50.5 Å². The molecule has 0 spiro atoms. The topological polar surface area (TPSA) is 61.4 Å². The van der Waals surface area contributed by atoms with E-state index in [4.69, 9.17) is 0 Å². The van der Waals surface area contributed by atoms with Crippen molar-refractivity contribution in [3.63, 3.8) is 0 Å². The summed E-state index contributed by atoms with van der Waals surface area (Å²) in [6.07, 6.45) is 8.98. The fourth-order valence-electron chi connectivity index (χ4n) is 3.70. The first-order valence-electron chi connectivity index (χ1n) is 9.22. The highest BCUT2D eigenvalue weighted by atomic mass is 32.2. The zero-order valence-electron chi connectivity index (χ0n) is 14.3. The minimum atomic E-state index is -3.47. The van der Waals surface area contributed by atoms with Gasteiger partial charge in [0.1, 0.15) is 0 Å². The molecule has 0 radical (unpaired) electrons. The molecule has 1 saturated heterocycles. The third-order valence-electron chi connectivity index (χ3n) is 5.02. The van der Waals surface area contributed by atoms with E-state index in [-0.39, 0.29) is 6.04 Å². The van der Waals surface area contributed by atoms with E-state index in [1.165, 1.54) is 38.0 Å². The van der Waals surface area contributed by atoms with Gasteiger partial charge in [0, 0.05) is 11.7 Å². The molecule has 1 aromatic carbocycles. The van der Waals surface area contributed by atoms with Crippen molar-refractivity contribution in [2.45, 2.75) is 57.4 Å². The molecule has 0 unspecified atom stereocenters. The second kappa shape index (κ2) is 8.32. The third kappa shape index (κ3) is 5.46. The molecular weight excluding hydrogens is 322 g/mol. The van der Waals surface area contributed by atoms with Crippen LogP contribution in [0.25, 0.3) is 0 Å². The summed E-state index contributed by atoms with van der Waals surface area (Å²) in [6.45, 7) is 3.66. The molecule has 0 aromatic heterocycles. The highest BCUT2D eigenvalue weighted by molar-refractivity contribution is 7.90. The quantitative estimate of drug-likeness (QED) is 0.757. The number of anilines is 1. The van der Waals surface area contributed by atoms with E-state index < -0.39 is 10.2 Å². The maximum Gasteiger partial charge on any atom is 0.299 e. The van der Waals surface area contributed by atoms with E-state index in [0.717, 1.165) is 38.5 Å². The predicted octanol–water partition coefficient (Wildman–Crippen LogP) is 2.90. The van der Waals surface area contributed by atoms with Crippen LogP contribution >= 0.6 is 0 Å². The SMILES string of the molecule is O=S(=O)(Nc1ccc(CCCN2CCCC2)cc1)NC1CCCC1. The van der Waals surface area contributed by atoms with Crippen LogP contribution in [-0.2, 0) is 16.6 Å². The van der Waals surface area contributed by atoms with Crippen LogP contribution in [0, 0.1) is 0 Å². The normalized spacial score (nSPS) is 19.8. The molecule has 0 atom stereocenters. The van der Waals surface area contributed by atoms with Crippen molar-refractivity contribution in [1.82, 2.24) is 9.62 Å². The Morgan fingerprint density at radius 1 is 1.00 bits per heavy atom. The van der Waals surface area contributed by atoms with Crippen LogP contribution < -0.4 is 9.44 Å². The number of nitrogens with zero attached hydrogens (tertiary/aromatic N) is 1. The Balaban J connectivity index is 1.44. The maximum absolute atomic E-state index is 12.1. The van der Waals surface area contributed by atoms with Gasteiger partial charge in [0.05, 0.1) is 0 Å². The summed E-state index contributed by atoms with van der Waals surface area (Å²) in [4.78, 5) is 2.52. The standard InChI is InChI=1S/C18H29N3O2S/c22-24(23,19-17-7-1-2-8-17)20-18-11-9-16(10-12-18)6-5-15-21-13-3-4-14-21/h9-12,17,19-20H,1-8,13-15H2. The van der Waals surface area contributed by atoms with E-state index >= 15 is 0 Å². The lowest BCUT2D eigenvalue weighted by molar-refractivity contribution is 0.334. The first kappa shape index (κ1) is 17.7. The zero-order chi connectivity index (χ0) is 16.8. The van der Waals surface area contributed by atoms with Crippen LogP contribution in [0.5, 0.6) is 0 Å². The van der Waals surface area contributed by atoms with Crippen molar-refractivity contribution >= 4 is 15.9 Å². The fourth-order valence-corrected chi connectivity index (χ4v) is 4.88. The molecule has 1 aliphatic carbocycles. The molecular formula is C18H29N3O2S. The Kier molecular flexibility index (Phi) is 6.14. The molecule has 1 aromatic rings. The minimum Gasteiger partial charge on any atom is -0.303 e. The van der Waals surface area contributed by atoms with Gasteiger partial charge in [-0.3, -0.25) is 4.72 Å². The van der Waals surface area contributed by atoms with Crippen LogP contribution in [0.2, 0.25) is 0 Å². The van der Waals surface area contributed by atoms with Gasteiger partial charge < -0.3 is 4.90 Å². The molecule has 2 N–H and O–H groups in total. The lowest BCUT2D eigenvalue weighted by Gasteiger charge is -2.15. The van der Waals surface area contributed by atoms with E-state index in [1.807, 2.05) is 24.3 Å². The summed E-state index contributed by atoms with van der Waals surface area (Å²) >= 11 is 0. The van der Waals surface area contributed by atoms with Gasteiger partial charge in [-0.05, 0) is 75.9 Å². The summed E-state index contributed by atoms with van der Waals surface area (Å²) in [7, 11) is -3.47. The summed E-state index contributed by atoms with van der Waals surface area (Å²) < 4.78 is 29.6. The van der Waals surface area contributed by atoms with E-state index in [9.17, 15) is 8.42 Å². The van der Waals surface area contributed by atoms with Crippen LogP contribution in [-0.4, -0.2) is 39.0 Å². The first-order chi connectivity index (χ1) is 11.6. The van der Waals surface area contributed by atoms with Crippen LogP contribution in [0.3, 0.4) is 0 Å². The summed E-state index contributed by atoms with van der Waals surface area (Å²) in [5.41, 5.74) is 1.89. The highest BCUT2D eigenvalue weighted by Crippen LogP contribution is 2.19. The largest absolute Gasteiger partial charge is 0.303 e. The second-order valence-electron chi connectivity index (χ2n) is 7.05. The van der Waals surface area contributed by atoms with E-state index in [2.05, 4.69) is 14.3 Å².